The van der Waals surface area contributed by atoms with Crippen LogP contribution in [0.5, 0.6) is 0 Å². The van der Waals surface area contributed by atoms with Gasteiger partial charge < -0.3 is 10.4 Å². The fourth-order valence-corrected chi connectivity index (χ4v) is 1.51. The summed E-state index contributed by atoms with van der Waals surface area (Å²) in [4.78, 5) is 0. The maximum Gasteiger partial charge on any atom is 0.0431 e. The fraction of sp³-hybridized carbons (Fsp3) is 1.00. The van der Waals surface area contributed by atoms with Crippen LogP contribution in [0, 0.1) is 0 Å². The highest BCUT2D eigenvalue weighted by molar-refractivity contribution is 4.73. The Morgan fingerprint density at radius 1 is 1.40 bits per heavy atom. The van der Waals surface area contributed by atoms with Gasteiger partial charge in [-0.1, -0.05) is 0 Å². The molecule has 1 atom stereocenters. The second kappa shape index (κ2) is 4.69. The molecule has 2 N–H and O–H groups in total. The summed E-state index contributed by atoms with van der Waals surface area (Å²) in [5, 5.41) is 12.0. The first-order chi connectivity index (χ1) is 4.93. The van der Waals surface area contributed by atoms with Crippen molar-refractivity contribution in [1.82, 2.24) is 5.32 Å². The zero-order valence-corrected chi connectivity index (χ0v) is 6.47. The first-order valence-corrected chi connectivity index (χ1v) is 4.27. The van der Waals surface area contributed by atoms with Gasteiger partial charge in [0.25, 0.3) is 0 Å². The summed E-state index contributed by atoms with van der Waals surface area (Å²) in [7, 11) is 0. The molecule has 1 unspecified atom stereocenters. The average Bonchev–Trinajstić information content (AvgIpc) is 2.41. The summed E-state index contributed by atoms with van der Waals surface area (Å²) in [6.07, 6.45) is 6.07. The van der Waals surface area contributed by atoms with Crippen LogP contribution in [-0.4, -0.2) is 24.3 Å². The third-order valence-corrected chi connectivity index (χ3v) is 2.12. The number of aliphatic hydroxyl groups excluding tert-OH is 1. The SMILES string of the molecule is OCCCCC1CCCN1. The number of nitrogens with one attached hydrogen (secondary N) is 1. The van der Waals surface area contributed by atoms with E-state index in [4.69, 9.17) is 5.11 Å². The van der Waals surface area contributed by atoms with E-state index in [1.54, 1.807) is 0 Å². The Morgan fingerprint density at radius 3 is 2.90 bits per heavy atom. The summed E-state index contributed by atoms with van der Waals surface area (Å²) in [5.41, 5.74) is 0. The van der Waals surface area contributed by atoms with Gasteiger partial charge in [0, 0.05) is 12.6 Å². The van der Waals surface area contributed by atoms with E-state index in [9.17, 15) is 0 Å². The average molecular weight is 143 g/mol. The lowest BCUT2D eigenvalue weighted by atomic mass is 10.1. The van der Waals surface area contributed by atoms with Crippen molar-refractivity contribution in [2.45, 2.75) is 38.1 Å². The molecule has 0 saturated carbocycles. The molecule has 60 valence electrons. The molecular weight excluding hydrogens is 126 g/mol. The number of hydrogen-bond acceptors (Lipinski definition) is 2. The Labute approximate surface area is 62.6 Å². The molecule has 0 aromatic heterocycles. The van der Waals surface area contributed by atoms with E-state index in [0.717, 1.165) is 12.5 Å². The minimum Gasteiger partial charge on any atom is -0.396 e. The molecule has 10 heavy (non-hydrogen) atoms. The van der Waals surface area contributed by atoms with Crippen LogP contribution in [0.4, 0.5) is 0 Å². The van der Waals surface area contributed by atoms with Crippen LogP contribution in [0.2, 0.25) is 0 Å². The molecule has 1 fully saturated rings. The normalized spacial score (nSPS) is 25.5. The van der Waals surface area contributed by atoms with E-state index in [0.29, 0.717) is 6.61 Å². The number of aliphatic hydroxyl groups is 1. The Balaban J connectivity index is 1.91. The summed E-state index contributed by atoms with van der Waals surface area (Å²) in [5.74, 6) is 0. The van der Waals surface area contributed by atoms with E-state index in [2.05, 4.69) is 5.32 Å². The largest absolute Gasteiger partial charge is 0.396 e. The van der Waals surface area contributed by atoms with Gasteiger partial charge in [-0.2, -0.15) is 0 Å². The molecule has 1 aliphatic rings. The van der Waals surface area contributed by atoms with Crippen molar-refractivity contribution in [3.63, 3.8) is 0 Å². The van der Waals surface area contributed by atoms with E-state index in [-0.39, 0.29) is 0 Å². The highest BCUT2D eigenvalue weighted by Crippen LogP contribution is 2.11. The van der Waals surface area contributed by atoms with E-state index in [1.807, 2.05) is 0 Å². The van der Waals surface area contributed by atoms with Crippen LogP contribution in [0.15, 0.2) is 0 Å². The number of hydrogen-bond donors (Lipinski definition) is 2. The molecule has 0 bridgehead atoms. The lowest BCUT2D eigenvalue weighted by Crippen LogP contribution is -2.20. The molecule has 1 rings (SSSR count). The van der Waals surface area contributed by atoms with Crippen LogP contribution < -0.4 is 5.32 Å². The molecule has 2 nitrogen and oxygen atoms in total. The maximum absolute atomic E-state index is 8.52. The van der Waals surface area contributed by atoms with Gasteiger partial charge in [0.2, 0.25) is 0 Å². The molecule has 2 heteroatoms. The third-order valence-electron chi connectivity index (χ3n) is 2.12. The lowest BCUT2D eigenvalue weighted by molar-refractivity contribution is 0.280. The van der Waals surface area contributed by atoms with Crippen molar-refractivity contribution < 1.29 is 5.11 Å². The van der Waals surface area contributed by atoms with Crippen LogP contribution in [-0.2, 0) is 0 Å². The van der Waals surface area contributed by atoms with Gasteiger partial charge in [0.15, 0.2) is 0 Å². The predicted octanol–water partition coefficient (Wildman–Crippen LogP) is 0.901. The zero-order valence-electron chi connectivity index (χ0n) is 6.47. The van der Waals surface area contributed by atoms with Crippen LogP contribution in [0.25, 0.3) is 0 Å². The van der Waals surface area contributed by atoms with Crippen molar-refractivity contribution in [3.05, 3.63) is 0 Å². The first-order valence-electron chi connectivity index (χ1n) is 4.27. The van der Waals surface area contributed by atoms with Crippen LogP contribution in [0.3, 0.4) is 0 Å². The van der Waals surface area contributed by atoms with Gasteiger partial charge in [-0.25, -0.2) is 0 Å². The van der Waals surface area contributed by atoms with Gasteiger partial charge in [-0.05, 0) is 38.6 Å². The van der Waals surface area contributed by atoms with Crippen molar-refractivity contribution in [2.75, 3.05) is 13.2 Å². The summed E-state index contributed by atoms with van der Waals surface area (Å²) in [6, 6.07) is 0.756. The Bertz CT molecular complexity index is 79.3. The highest BCUT2D eigenvalue weighted by Gasteiger charge is 2.12. The second-order valence-corrected chi connectivity index (χ2v) is 3.01. The summed E-state index contributed by atoms with van der Waals surface area (Å²) >= 11 is 0. The van der Waals surface area contributed by atoms with Crippen molar-refractivity contribution in [1.29, 1.82) is 0 Å². The fourth-order valence-electron chi connectivity index (χ4n) is 1.51. The summed E-state index contributed by atoms with van der Waals surface area (Å²) < 4.78 is 0. The minimum absolute atomic E-state index is 0.354. The molecule has 1 aliphatic heterocycles. The monoisotopic (exact) mass is 143 g/mol. The summed E-state index contributed by atoms with van der Waals surface area (Å²) in [6.45, 7) is 1.55. The Kier molecular flexibility index (Phi) is 3.76. The van der Waals surface area contributed by atoms with Crippen LogP contribution >= 0.6 is 0 Å². The quantitative estimate of drug-likeness (QED) is 0.573. The molecule has 0 aromatic carbocycles. The molecule has 1 saturated heterocycles. The van der Waals surface area contributed by atoms with Gasteiger partial charge in [-0.3, -0.25) is 0 Å². The minimum atomic E-state index is 0.354. The molecule has 0 amide bonds. The zero-order chi connectivity index (χ0) is 7.23. The van der Waals surface area contributed by atoms with E-state index >= 15 is 0 Å². The van der Waals surface area contributed by atoms with E-state index in [1.165, 1.54) is 32.2 Å². The molecule has 0 radical (unpaired) electrons. The van der Waals surface area contributed by atoms with E-state index < -0.39 is 0 Å². The van der Waals surface area contributed by atoms with Gasteiger partial charge in [-0.15, -0.1) is 0 Å². The topological polar surface area (TPSA) is 32.3 Å². The first kappa shape index (κ1) is 8.02. The molecule has 1 heterocycles. The van der Waals surface area contributed by atoms with Crippen molar-refractivity contribution >= 4 is 0 Å². The third kappa shape index (κ3) is 2.67. The predicted molar refractivity (Wildman–Crippen MR) is 42.0 cm³/mol. The molecule has 0 spiro atoms. The van der Waals surface area contributed by atoms with Crippen molar-refractivity contribution in [2.24, 2.45) is 0 Å². The lowest BCUT2D eigenvalue weighted by Gasteiger charge is -2.07. The highest BCUT2D eigenvalue weighted by atomic mass is 16.2. The van der Waals surface area contributed by atoms with Gasteiger partial charge in [0.05, 0.1) is 0 Å². The second-order valence-electron chi connectivity index (χ2n) is 3.01. The van der Waals surface area contributed by atoms with Gasteiger partial charge >= 0.3 is 0 Å². The number of unbranched alkanes of at least 4 members (excludes halogenated alkanes) is 1. The van der Waals surface area contributed by atoms with Crippen molar-refractivity contribution in [3.8, 4) is 0 Å². The molecule has 0 aliphatic carbocycles. The maximum atomic E-state index is 8.52. The van der Waals surface area contributed by atoms with Crippen LogP contribution in [0.1, 0.15) is 32.1 Å². The Morgan fingerprint density at radius 2 is 2.30 bits per heavy atom. The molecule has 0 aromatic rings. The number of rotatable bonds is 4. The standard InChI is InChI=1S/C8H17NO/c10-7-2-1-4-8-5-3-6-9-8/h8-10H,1-7H2. The van der Waals surface area contributed by atoms with Gasteiger partial charge in [0.1, 0.15) is 0 Å². The molecular formula is C8H17NO. The Hall–Kier alpha value is -0.0800. The smallest absolute Gasteiger partial charge is 0.0431 e.